The monoisotopic (exact) mass is 349 g/mol. The number of hydrogen-bond acceptors (Lipinski definition) is 4. The van der Waals surface area contributed by atoms with Gasteiger partial charge in [-0.25, -0.2) is 4.98 Å². The number of nitrogens with zero attached hydrogens (tertiary/aromatic N) is 3. The van der Waals surface area contributed by atoms with E-state index < -0.39 is 0 Å². The highest BCUT2D eigenvalue weighted by molar-refractivity contribution is 7.16. The number of aromatic nitrogens is 1. The molecule has 1 aliphatic rings. The summed E-state index contributed by atoms with van der Waals surface area (Å²) in [7, 11) is 0. The van der Waals surface area contributed by atoms with Gasteiger partial charge in [-0.1, -0.05) is 18.2 Å². The minimum Gasteiger partial charge on any atom is -0.281 e. The fraction of sp³-hybridized carbons (Fsp3) is 0.250. The molecule has 4 nitrogen and oxygen atoms in total. The molecule has 0 aliphatic heterocycles. The zero-order valence-electron chi connectivity index (χ0n) is 13.9. The van der Waals surface area contributed by atoms with Crippen LogP contribution in [0.3, 0.4) is 0 Å². The van der Waals surface area contributed by atoms with E-state index in [4.69, 9.17) is 5.26 Å². The van der Waals surface area contributed by atoms with Crippen LogP contribution in [0.1, 0.15) is 34.5 Å². The first-order valence-corrected chi connectivity index (χ1v) is 9.12. The molecule has 1 aromatic heterocycles. The molecule has 5 heteroatoms. The summed E-state index contributed by atoms with van der Waals surface area (Å²) in [6.07, 6.45) is 9.45. The third-order valence-corrected chi connectivity index (χ3v) is 5.28. The van der Waals surface area contributed by atoms with Crippen molar-refractivity contribution in [3.05, 3.63) is 64.7 Å². The molecule has 1 heterocycles. The maximum absolute atomic E-state index is 12.6. The number of fused-ring (bicyclic) bond motifs is 1. The number of carbonyl (C=O) groups excluding carboxylic acids is 1. The summed E-state index contributed by atoms with van der Waals surface area (Å²) in [6.45, 7) is 4.19. The Morgan fingerprint density at radius 1 is 1.32 bits per heavy atom. The van der Waals surface area contributed by atoms with Crippen LogP contribution >= 0.6 is 11.3 Å². The number of aryl methyl sites for hydroxylation is 2. The Morgan fingerprint density at radius 2 is 2.08 bits per heavy atom. The van der Waals surface area contributed by atoms with Gasteiger partial charge in [0.1, 0.15) is 0 Å². The molecule has 0 saturated heterocycles. The van der Waals surface area contributed by atoms with Gasteiger partial charge >= 0.3 is 0 Å². The van der Waals surface area contributed by atoms with Crippen LogP contribution in [-0.2, 0) is 17.6 Å². The molecule has 0 radical (unpaired) electrons. The molecule has 0 bridgehead atoms. The normalized spacial score (nSPS) is 13.2. The smallest absolute Gasteiger partial charge is 0.253 e. The molecule has 1 aromatic carbocycles. The lowest BCUT2D eigenvalue weighted by molar-refractivity contribution is -0.114. The van der Waals surface area contributed by atoms with Gasteiger partial charge < -0.3 is 0 Å². The van der Waals surface area contributed by atoms with Gasteiger partial charge in [-0.3, -0.25) is 9.69 Å². The molecule has 0 fully saturated rings. The Kier molecular flexibility index (Phi) is 5.42. The van der Waals surface area contributed by atoms with E-state index in [0.29, 0.717) is 12.1 Å². The Morgan fingerprint density at radius 3 is 2.76 bits per heavy atom. The molecule has 2 aromatic rings. The third-order valence-electron chi connectivity index (χ3n) is 4.10. The molecule has 126 valence electrons. The van der Waals surface area contributed by atoms with Crippen molar-refractivity contribution in [2.75, 3.05) is 11.4 Å². The van der Waals surface area contributed by atoms with Crippen LogP contribution in [0, 0.1) is 11.3 Å². The number of nitriles is 1. The molecular weight excluding hydrogens is 330 g/mol. The first-order chi connectivity index (χ1) is 12.2. The lowest BCUT2D eigenvalue weighted by Crippen LogP contribution is -2.29. The van der Waals surface area contributed by atoms with E-state index in [9.17, 15) is 4.79 Å². The molecule has 3 rings (SSSR count). The van der Waals surface area contributed by atoms with Crippen molar-refractivity contribution in [1.29, 1.82) is 5.26 Å². The van der Waals surface area contributed by atoms with E-state index >= 15 is 0 Å². The van der Waals surface area contributed by atoms with Gasteiger partial charge in [0.2, 0.25) is 0 Å². The van der Waals surface area contributed by atoms with Crippen LogP contribution in [0.2, 0.25) is 0 Å². The summed E-state index contributed by atoms with van der Waals surface area (Å²) in [5.41, 5.74) is 2.62. The molecule has 25 heavy (non-hydrogen) atoms. The minimum atomic E-state index is -0.115. The maximum Gasteiger partial charge on any atom is 0.253 e. The summed E-state index contributed by atoms with van der Waals surface area (Å²) in [5.74, 6) is -0.115. The van der Waals surface area contributed by atoms with E-state index in [1.807, 2.05) is 12.1 Å². The lowest BCUT2D eigenvalue weighted by atomic mass is 10.0. The highest BCUT2D eigenvalue weighted by Gasteiger charge is 2.21. The van der Waals surface area contributed by atoms with E-state index in [1.54, 1.807) is 46.6 Å². The Hall–Kier alpha value is -2.71. The van der Waals surface area contributed by atoms with Crippen molar-refractivity contribution in [2.45, 2.75) is 25.7 Å². The average Bonchev–Trinajstić information content (AvgIpc) is 3.08. The van der Waals surface area contributed by atoms with E-state index in [-0.39, 0.29) is 5.91 Å². The van der Waals surface area contributed by atoms with Crippen LogP contribution in [0.25, 0.3) is 6.08 Å². The van der Waals surface area contributed by atoms with Crippen molar-refractivity contribution in [2.24, 2.45) is 0 Å². The largest absolute Gasteiger partial charge is 0.281 e. The predicted molar refractivity (Wildman–Crippen MR) is 101 cm³/mol. The SMILES string of the molecule is C=CCN(C(=O)C=Cc1ccc(C#N)cc1)c1nc2c(s1)CCCC2. The van der Waals surface area contributed by atoms with Crippen molar-refractivity contribution in [1.82, 2.24) is 4.98 Å². The quantitative estimate of drug-likeness (QED) is 0.602. The average molecular weight is 349 g/mol. The number of thiazole rings is 1. The van der Waals surface area contributed by atoms with Crippen LogP contribution in [-0.4, -0.2) is 17.4 Å². The fourth-order valence-corrected chi connectivity index (χ4v) is 3.93. The van der Waals surface area contributed by atoms with E-state index in [1.165, 1.54) is 17.7 Å². The van der Waals surface area contributed by atoms with Crippen molar-refractivity contribution in [3.8, 4) is 6.07 Å². The van der Waals surface area contributed by atoms with Crippen LogP contribution in [0.5, 0.6) is 0 Å². The first-order valence-electron chi connectivity index (χ1n) is 8.30. The number of anilines is 1. The summed E-state index contributed by atoms with van der Waals surface area (Å²) in [6, 6.07) is 9.20. The topological polar surface area (TPSA) is 57.0 Å². The Labute approximate surface area is 151 Å². The molecule has 0 spiro atoms. The van der Waals surface area contributed by atoms with Crippen molar-refractivity contribution < 1.29 is 4.79 Å². The number of amides is 1. The molecule has 1 aliphatic carbocycles. The number of rotatable bonds is 5. The molecular formula is C20H19N3OS. The lowest BCUT2D eigenvalue weighted by Gasteiger charge is -2.15. The van der Waals surface area contributed by atoms with Crippen LogP contribution in [0.15, 0.2) is 43.0 Å². The highest BCUT2D eigenvalue weighted by atomic mass is 32.1. The van der Waals surface area contributed by atoms with Gasteiger partial charge in [0, 0.05) is 17.5 Å². The highest BCUT2D eigenvalue weighted by Crippen LogP contribution is 2.32. The first kappa shape index (κ1) is 17.1. The van der Waals surface area contributed by atoms with E-state index in [0.717, 1.165) is 29.2 Å². The van der Waals surface area contributed by atoms with Gasteiger partial charge in [-0.2, -0.15) is 5.26 Å². The standard InChI is InChI=1S/C20H19N3OS/c1-2-13-23(20-22-17-5-3-4-6-18(17)25-20)19(24)12-11-15-7-9-16(14-21)10-8-15/h2,7-12H,1,3-6,13H2. The van der Waals surface area contributed by atoms with E-state index in [2.05, 4.69) is 17.6 Å². The second kappa shape index (κ2) is 7.91. The van der Waals surface area contributed by atoms with Gasteiger partial charge in [0.15, 0.2) is 5.13 Å². The molecule has 1 amide bonds. The molecule has 0 saturated carbocycles. The second-order valence-electron chi connectivity index (χ2n) is 5.88. The number of hydrogen-bond donors (Lipinski definition) is 0. The summed E-state index contributed by atoms with van der Waals surface area (Å²) in [5, 5.41) is 9.58. The zero-order valence-corrected chi connectivity index (χ0v) is 14.8. The van der Waals surface area contributed by atoms with Gasteiger partial charge in [-0.15, -0.1) is 17.9 Å². The Bertz CT molecular complexity index is 819. The van der Waals surface area contributed by atoms with Gasteiger partial charge in [0.05, 0.1) is 17.3 Å². The predicted octanol–water partition coefficient (Wildman–Crippen LogP) is 4.13. The van der Waals surface area contributed by atoms with Crippen molar-refractivity contribution >= 4 is 28.5 Å². The molecule has 0 N–H and O–H groups in total. The summed E-state index contributed by atoms with van der Waals surface area (Å²) >= 11 is 1.61. The summed E-state index contributed by atoms with van der Waals surface area (Å²) < 4.78 is 0. The van der Waals surface area contributed by atoms with Crippen LogP contribution in [0.4, 0.5) is 5.13 Å². The fourth-order valence-electron chi connectivity index (χ4n) is 2.77. The van der Waals surface area contributed by atoms with Crippen LogP contribution < -0.4 is 4.90 Å². The molecule has 0 unspecified atom stereocenters. The summed E-state index contributed by atoms with van der Waals surface area (Å²) in [4.78, 5) is 20.3. The second-order valence-corrected chi connectivity index (χ2v) is 6.94. The zero-order chi connectivity index (χ0) is 17.6. The number of benzene rings is 1. The molecule has 0 atom stereocenters. The Balaban J connectivity index is 1.78. The van der Waals surface area contributed by atoms with Crippen molar-refractivity contribution in [3.63, 3.8) is 0 Å². The third kappa shape index (κ3) is 4.04. The van der Waals surface area contributed by atoms with Gasteiger partial charge in [0.25, 0.3) is 5.91 Å². The minimum absolute atomic E-state index is 0.115. The number of carbonyl (C=O) groups is 1. The maximum atomic E-state index is 12.6. The van der Waals surface area contributed by atoms with Gasteiger partial charge in [-0.05, 0) is 49.5 Å².